The van der Waals surface area contributed by atoms with Gasteiger partial charge in [-0.1, -0.05) is 53.5 Å². The number of ketones is 1. The summed E-state index contributed by atoms with van der Waals surface area (Å²) in [5.74, 6) is -0.113. The fourth-order valence-electron chi connectivity index (χ4n) is 2.66. The third-order valence-corrected chi connectivity index (χ3v) is 4.74. The average molecular weight is 429 g/mol. The van der Waals surface area contributed by atoms with Gasteiger partial charge in [0, 0.05) is 16.1 Å². The van der Waals surface area contributed by atoms with Crippen molar-refractivity contribution in [3.05, 3.63) is 94.0 Å². The highest BCUT2D eigenvalue weighted by Gasteiger charge is 2.23. The Kier molecular flexibility index (Phi) is 6.75. The Balaban J connectivity index is 1.88. The molecule has 3 aromatic carbocycles. The normalized spacial score (nSPS) is 11.4. The lowest BCUT2D eigenvalue weighted by atomic mass is 10.1. The molecule has 3 aromatic rings. The van der Waals surface area contributed by atoms with Crippen LogP contribution in [0.15, 0.2) is 72.8 Å². The Labute approximate surface area is 178 Å². The number of carbonyl (C=O) groups excluding carboxylic acids is 2. The van der Waals surface area contributed by atoms with E-state index >= 15 is 0 Å². The molecule has 1 amide bonds. The number of amides is 1. The van der Waals surface area contributed by atoms with Crippen LogP contribution in [0, 0.1) is 0 Å². The van der Waals surface area contributed by atoms with Gasteiger partial charge in [-0.3, -0.25) is 9.59 Å². The number of Topliss-reactive ketones (excluding diaryl/α,β-unsaturated/α-hetero) is 1. The van der Waals surface area contributed by atoms with Crippen molar-refractivity contribution in [1.29, 1.82) is 0 Å². The molecule has 7 heteroatoms. The minimum absolute atomic E-state index is 0.316. The summed E-state index contributed by atoms with van der Waals surface area (Å²) in [6.45, 7) is 0. The second kappa shape index (κ2) is 9.45. The minimum atomic E-state index is -1.05. The lowest BCUT2D eigenvalue weighted by molar-refractivity contribution is 0.0869. The van der Waals surface area contributed by atoms with Crippen LogP contribution >= 0.6 is 23.2 Å². The quantitative estimate of drug-likeness (QED) is 0.407. The highest BCUT2D eigenvalue weighted by Crippen LogP contribution is 2.26. The highest BCUT2D eigenvalue weighted by molar-refractivity contribution is 6.35. The van der Waals surface area contributed by atoms with E-state index in [1.807, 2.05) is 6.07 Å². The highest BCUT2D eigenvalue weighted by atomic mass is 35.5. The maximum Gasteiger partial charge on any atom is 0.253 e. The summed E-state index contributed by atoms with van der Waals surface area (Å²) in [7, 11) is 1.54. The Bertz CT molecular complexity index is 1010. The van der Waals surface area contributed by atoms with E-state index in [0.29, 0.717) is 32.6 Å². The summed E-state index contributed by atoms with van der Waals surface area (Å²) in [5.41, 5.74) is 1.26. The molecule has 1 atom stereocenters. The van der Waals surface area contributed by atoms with Crippen LogP contribution in [0.2, 0.25) is 10.0 Å². The molecule has 0 radical (unpaired) electrons. The SMILES string of the molecule is COc1ccc(C(=O)N[C@@H](Nc2cc(Cl)ccc2Cl)C(=O)c2ccccc2)cc1. The van der Waals surface area contributed by atoms with Crippen LogP contribution < -0.4 is 15.4 Å². The monoisotopic (exact) mass is 428 g/mol. The van der Waals surface area contributed by atoms with E-state index in [-0.39, 0.29) is 5.78 Å². The molecule has 0 spiro atoms. The van der Waals surface area contributed by atoms with Crippen molar-refractivity contribution in [3.63, 3.8) is 0 Å². The molecule has 0 saturated heterocycles. The van der Waals surface area contributed by atoms with E-state index in [9.17, 15) is 9.59 Å². The van der Waals surface area contributed by atoms with Gasteiger partial charge in [0.15, 0.2) is 6.17 Å². The number of carbonyl (C=O) groups is 2. The Morgan fingerprint density at radius 3 is 2.24 bits per heavy atom. The summed E-state index contributed by atoms with van der Waals surface area (Å²) >= 11 is 12.3. The average Bonchev–Trinajstić information content (AvgIpc) is 2.75. The van der Waals surface area contributed by atoms with E-state index in [4.69, 9.17) is 27.9 Å². The van der Waals surface area contributed by atoms with Crippen LogP contribution in [0.25, 0.3) is 0 Å². The van der Waals surface area contributed by atoms with Crippen LogP contribution in [0.4, 0.5) is 5.69 Å². The summed E-state index contributed by atoms with van der Waals surface area (Å²) in [6.07, 6.45) is -1.05. The summed E-state index contributed by atoms with van der Waals surface area (Å²) < 4.78 is 5.10. The van der Waals surface area contributed by atoms with E-state index in [0.717, 1.165) is 0 Å². The first kappa shape index (κ1) is 20.7. The summed E-state index contributed by atoms with van der Waals surface area (Å²) in [6, 6.07) is 20.1. The Morgan fingerprint density at radius 1 is 0.897 bits per heavy atom. The maximum absolute atomic E-state index is 13.0. The molecule has 0 aromatic heterocycles. The number of halogens is 2. The van der Waals surface area contributed by atoms with Crippen LogP contribution in [0.5, 0.6) is 5.75 Å². The number of benzene rings is 3. The zero-order valence-corrected chi connectivity index (χ0v) is 17.0. The molecule has 2 N–H and O–H groups in total. The number of ether oxygens (including phenoxy) is 1. The number of hydrogen-bond acceptors (Lipinski definition) is 4. The number of anilines is 1. The van der Waals surface area contributed by atoms with Crippen molar-refractivity contribution in [2.75, 3.05) is 12.4 Å². The molecule has 3 rings (SSSR count). The van der Waals surface area contributed by atoms with Crippen LogP contribution in [-0.2, 0) is 0 Å². The molecule has 0 bridgehead atoms. The van der Waals surface area contributed by atoms with E-state index in [1.54, 1.807) is 73.8 Å². The Morgan fingerprint density at radius 2 is 1.59 bits per heavy atom. The maximum atomic E-state index is 13.0. The Hall–Kier alpha value is -3.02. The number of methoxy groups -OCH3 is 1. The van der Waals surface area contributed by atoms with Gasteiger partial charge in [0.2, 0.25) is 5.78 Å². The second-order valence-electron chi connectivity index (χ2n) is 6.13. The molecule has 0 unspecified atom stereocenters. The lowest BCUT2D eigenvalue weighted by Gasteiger charge is -2.21. The third kappa shape index (κ3) is 5.28. The first-order chi connectivity index (χ1) is 14.0. The first-order valence-corrected chi connectivity index (χ1v) is 9.49. The molecular formula is C22H18Cl2N2O3. The van der Waals surface area contributed by atoms with Crippen LogP contribution in [0.3, 0.4) is 0 Å². The van der Waals surface area contributed by atoms with Gasteiger partial charge in [0.1, 0.15) is 5.75 Å². The number of nitrogens with one attached hydrogen (secondary N) is 2. The molecule has 148 valence electrons. The zero-order valence-electron chi connectivity index (χ0n) is 15.5. The standard InChI is InChI=1S/C22H18Cl2N2O3/c1-29-17-10-7-15(8-11-17)22(28)26-21(20(27)14-5-3-2-4-6-14)25-19-13-16(23)9-12-18(19)24/h2-13,21,25H,1H3,(H,26,28)/t21-/m1/s1. The van der Waals surface area contributed by atoms with Gasteiger partial charge in [-0.05, 0) is 42.5 Å². The van der Waals surface area contributed by atoms with Gasteiger partial charge in [-0.15, -0.1) is 0 Å². The zero-order chi connectivity index (χ0) is 20.8. The molecule has 0 fully saturated rings. The molecule has 29 heavy (non-hydrogen) atoms. The van der Waals surface area contributed by atoms with Crippen molar-refractivity contribution in [3.8, 4) is 5.75 Å². The largest absolute Gasteiger partial charge is 0.497 e. The molecule has 5 nitrogen and oxygen atoms in total. The van der Waals surface area contributed by atoms with Gasteiger partial charge in [-0.2, -0.15) is 0 Å². The van der Waals surface area contributed by atoms with Gasteiger partial charge >= 0.3 is 0 Å². The van der Waals surface area contributed by atoms with Crippen molar-refractivity contribution in [2.24, 2.45) is 0 Å². The van der Waals surface area contributed by atoms with Crippen molar-refractivity contribution < 1.29 is 14.3 Å². The van der Waals surface area contributed by atoms with Crippen molar-refractivity contribution >= 4 is 40.6 Å². The van der Waals surface area contributed by atoms with Gasteiger partial charge in [0.25, 0.3) is 5.91 Å². The fraction of sp³-hybridized carbons (Fsp3) is 0.0909. The minimum Gasteiger partial charge on any atom is -0.497 e. The third-order valence-electron chi connectivity index (χ3n) is 4.18. The van der Waals surface area contributed by atoms with Gasteiger partial charge < -0.3 is 15.4 Å². The molecule has 0 aliphatic heterocycles. The smallest absolute Gasteiger partial charge is 0.253 e. The molecule has 0 aliphatic carbocycles. The number of hydrogen-bond donors (Lipinski definition) is 2. The van der Waals surface area contributed by atoms with Gasteiger partial charge in [0.05, 0.1) is 17.8 Å². The van der Waals surface area contributed by atoms with Gasteiger partial charge in [-0.25, -0.2) is 0 Å². The van der Waals surface area contributed by atoms with E-state index in [2.05, 4.69) is 10.6 Å². The second-order valence-corrected chi connectivity index (χ2v) is 6.98. The van der Waals surface area contributed by atoms with E-state index in [1.165, 1.54) is 0 Å². The van der Waals surface area contributed by atoms with Crippen molar-refractivity contribution in [2.45, 2.75) is 6.17 Å². The predicted molar refractivity (Wildman–Crippen MR) is 115 cm³/mol. The van der Waals surface area contributed by atoms with Crippen LogP contribution in [0.1, 0.15) is 20.7 Å². The van der Waals surface area contributed by atoms with Crippen molar-refractivity contribution in [1.82, 2.24) is 5.32 Å². The first-order valence-electron chi connectivity index (χ1n) is 8.73. The molecule has 0 heterocycles. The fourth-order valence-corrected chi connectivity index (χ4v) is 3.00. The lowest BCUT2D eigenvalue weighted by Crippen LogP contribution is -2.46. The number of rotatable bonds is 7. The topological polar surface area (TPSA) is 67.4 Å². The van der Waals surface area contributed by atoms with Crippen LogP contribution in [-0.4, -0.2) is 25.0 Å². The predicted octanol–water partition coefficient (Wildman–Crippen LogP) is 5.05. The molecule has 0 aliphatic rings. The van der Waals surface area contributed by atoms with E-state index < -0.39 is 12.1 Å². The molecule has 0 saturated carbocycles. The molecular weight excluding hydrogens is 411 g/mol. The summed E-state index contributed by atoms with van der Waals surface area (Å²) in [4.78, 5) is 25.8. The summed E-state index contributed by atoms with van der Waals surface area (Å²) in [5, 5.41) is 6.53.